The molecule has 0 aromatic carbocycles. The Morgan fingerprint density at radius 2 is 1.98 bits per heavy atom. The van der Waals surface area contributed by atoms with Crippen molar-refractivity contribution in [3.05, 3.63) is 6.33 Å². The average molecular weight is 656 g/mol. The van der Waals surface area contributed by atoms with E-state index in [1.54, 1.807) is 34.6 Å². The molecular formula is C23H36ClFN7O8PS. The Balaban J connectivity index is 1.76. The van der Waals surface area contributed by atoms with Crippen LogP contribution in [0.4, 0.5) is 16.2 Å². The highest BCUT2D eigenvalue weighted by molar-refractivity contribution is 8.13. The van der Waals surface area contributed by atoms with Gasteiger partial charge in [0.15, 0.2) is 22.8 Å². The molecule has 0 aliphatic carbocycles. The second kappa shape index (κ2) is 13.3. The lowest BCUT2D eigenvalue weighted by Gasteiger charge is -2.25. The van der Waals surface area contributed by atoms with Crippen LogP contribution in [-0.2, 0) is 32.7 Å². The lowest BCUT2D eigenvalue weighted by atomic mass is 10.00. The lowest BCUT2D eigenvalue weighted by molar-refractivity contribution is -0.149. The minimum Gasteiger partial charge on any atom is -0.462 e. The first kappa shape index (κ1) is 34.4. The molecule has 1 aliphatic heterocycles. The van der Waals surface area contributed by atoms with Crippen molar-refractivity contribution in [1.82, 2.24) is 24.6 Å². The fourth-order valence-electron chi connectivity index (χ4n) is 3.65. The number of alkyl halides is 2. The van der Waals surface area contributed by atoms with Gasteiger partial charge in [-0.2, -0.15) is 9.97 Å². The van der Waals surface area contributed by atoms with Crippen molar-refractivity contribution < 1.29 is 42.2 Å². The van der Waals surface area contributed by atoms with Gasteiger partial charge in [0.2, 0.25) is 5.95 Å². The smallest absolute Gasteiger partial charge is 0.406 e. The van der Waals surface area contributed by atoms with Gasteiger partial charge in [0.05, 0.1) is 25.6 Å². The lowest BCUT2D eigenvalue weighted by Crippen LogP contribution is -2.39. The molecule has 15 nitrogen and oxygen atoms in total. The zero-order valence-electron chi connectivity index (χ0n) is 23.9. The predicted molar refractivity (Wildman–Crippen MR) is 154 cm³/mol. The normalized spacial score (nSPS) is 25.0. The molecule has 6 N–H and O–H groups in total. The van der Waals surface area contributed by atoms with Crippen LogP contribution >= 0.6 is 31.1 Å². The fraction of sp³-hybridized carbons (Fsp3) is 0.696. The molecule has 0 saturated carbocycles. The molecule has 0 amide bonds. The maximum absolute atomic E-state index is 15.7. The first-order valence-corrected chi connectivity index (χ1v) is 15.8. The summed E-state index contributed by atoms with van der Waals surface area (Å²) in [6.07, 6.45) is -4.46. The Bertz CT molecular complexity index is 1340. The molecule has 19 heteroatoms. The molecule has 3 rings (SSSR count). The van der Waals surface area contributed by atoms with Gasteiger partial charge in [-0.1, -0.05) is 44.1 Å². The third kappa shape index (κ3) is 8.08. The van der Waals surface area contributed by atoms with E-state index in [0.717, 1.165) is 22.7 Å². The Hall–Kier alpha value is -2.11. The minimum absolute atomic E-state index is 0.00286. The Morgan fingerprint density at radius 1 is 1.31 bits per heavy atom. The number of thioether (sulfide) groups is 1. The molecule has 1 unspecified atom stereocenters. The van der Waals surface area contributed by atoms with Gasteiger partial charge in [0.1, 0.15) is 23.8 Å². The molecule has 3 heterocycles. The molecule has 2 aromatic heterocycles. The molecule has 0 radical (unpaired) electrons. The van der Waals surface area contributed by atoms with Crippen molar-refractivity contribution >= 4 is 65.1 Å². The number of hydrogen-bond donors (Lipinski definition) is 4. The zero-order chi connectivity index (χ0) is 31.6. The van der Waals surface area contributed by atoms with Gasteiger partial charge < -0.3 is 26.0 Å². The van der Waals surface area contributed by atoms with Gasteiger partial charge in [-0.3, -0.25) is 23.2 Å². The third-order valence-corrected chi connectivity index (χ3v) is 9.12. The number of aliphatic hydroxyl groups excluding tert-OH is 1. The first-order chi connectivity index (χ1) is 19.4. The van der Waals surface area contributed by atoms with Crippen molar-refractivity contribution in [3.63, 3.8) is 0 Å². The SMILES string of the molecule is CC(C)OC(=O)[C@H](C)NP(=O)(OCCSC(=O)C(C)(C)C)OC[C@H]1O[C@@H](n2cnc3c(N)nc(N)nc32)[C@@](F)(Cl)[C@@H]1O. The number of aromatic nitrogens is 4. The maximum atomic E-state index is 15.7. The third-order valence-electron chi connectivity index (χ3n) is 5.75. The first-order valence-electron chi connectivity index (χ1n) is 12.9. The summed E-state index contributed by atoms with van der Waals surface area (Å²) in [7, 11) is -4.33. The Labute approximate surface area is 251 Å². The molecule has 1 aliphatic rings. The van der Waals surface area contributed by atoms with E-state index in [2.05, 4.69) is 20.0 Å². The number of nitrogens with one attached hydrogen (secondary N) is 1. The number of fused-ring (bicyclic) bond motifs is 1. The molecule has 2 aromatic rings. The minimum atomic E-state index is -4.33. The standard InChI is InChI=1S/C23H36ClFN7O8PS/c1-11(2)39-18(34)12(3)31-41(36,37-7-8-42-20(35)22(4,5)6)38-9-13-15(33)23(24,25)19(40-13)32-10-28-14-16(26)29-21(27)30-17(14)32/h10-13,15,19,33H,7-9H2,1-6H3,(H,31,36)(H4,26,27,29,30)/t12-,13+,15+,19+,23+,41?/m0/s1. The number of nitrogens with two attached hydrogens (primary N) is 2. The van der Waals surface area contributed by atoms with Crippen molar-refractivity contribution in [2.24, 2.45) is 5.41 Å². The Kier molecular flexibility index (Phi) is 10.9. The van der Waals surface area contributed by atoms with Crippen LogP contribution in [0.15, 0.2) is 6.33 Å². The highest BCUT2D eigenvalue weighted by Crippen LogP contribution is 2.49. The van der Waals surface area contributed by atoms with E-state index < -0.39 is 61.4 Å². The summed E-state index contributed by atoms with van der Waals surface area (Å²) in [4.78, 5) is 36.4. The molecule has 1 fully saturated rings. The largest absolute Gasteiger partial charge is 0.462 e. The van der Waals surface area contributed by atoms with Gasteiger partial charge in [0, 0.05) is 11.2 Å². The van der Waals surface area contributed by atoms with Crippen LogP contribution in [0, 0.1) is 5.41 Å². The van der Waals surface area contributed by atoms with E-state index in [9.17, 15) is 19.3 Å². The summed E-state index contributed by atoms with van der Waals surface area (Å²) < 4.78 is 52.2. The number of hydrogen-bond acceptors (Lipinski definition) is 14. The number of rotatable bonds is 12. The summed E-state index contributed by atoms with van der Waals surface area (Å²) in [5, 5.41) is 10.1. The Morgan fingerprint density at radius 3 is 2.60 bits per heavy atom. The number of nitrogen functional groups attached to an aromatic ring is 2. The van der Waals surface area contributed by atoms with Gasteiger partial charge >= 0.3 is 13.7 Å². The second-order valence-electron chi connectivity index (χ2n) is 10.8. The van der Waals surface area contributed by atoms with Crippen molar-refractivity contribution in [3.8, 4) is 0 Å². The maximum Gasteiger partial charge on any atom is 0.406 e. The number of imidazole rings is 1. The summed E-state index contributed by atoms with van der Waals surface area (Å²) >= 11 is 7.05. The van der Waals surface area contributed by atoms with Crippen molar-refractivity contribution in [1.29, 1.82) is 0 Å². The van der Waals surface area contributed by atoms with Gasteiger partial charge in [-0.25, -0.2) is 19.0 Å². The van der Waals surface area contributed by atoms with E-state index in [1.807, 2.05) is 0 Å². The summed E-state index contributed by atoms with van der Waals surface area (Å²) in [6.45, 7) is 9.03. The van der Waals surface area contributed by atoms with Crippen LogP contribution in [0.1, 0.15) is 47.8 Å². The van der Waals surface area contributed by atoms with Gasteiger partial charge in [0.25, 0.3) is 5.13 Å². The van der Waals surface area contributed by atoms with Crippen LogP contribution < -0.4 is 16.6 Å². The molecule has 6 atom stereocenters. The topological polar surface area (TPSA) is 216 Å². The molecule has 0 bridgehead atoms. The number of halogens is 2. The highest BCUT2D eigenvalue weighted by Gasteiger charge is 2.58. The number of aliphatic hydroxyl groups is 1. The van der Waals surface area contributed by atoms with Crippen LogP contribution in [-0.4, -0.2) is 84.2 Å². The number of anilines is 2. The number of carbonyl (C=O) groups excluding carboxylic acids is 2. The summed E-state index contributed by atoms with van der Waals surface area (Å²) in [5.74, 6) is -0.887. The quantitative estimate of drug-likeness (QED) is 0.112. The summed E-state index contributed by atoms with van der Waals surface area (Å²) in [6, 6.07) is -1.15. The zero-order valence-corrected chi connectivity index (χ0v) is 26.4. The average Bonchev–Trinajstić information content (AvgIpc) is 3.37. The van der Waals surface area contributed by atoms with Crippen molar-refractivity contribution in [2.75, 3.05) is 30.4 Å². The molecule has 1 saturated heterocycles. The highest BCUT2D eigenvalue weighted by atomic mass is 35.5. The number of esters is 1. The molecule has 0 spiro atoms. The summed E-state index contributed by atoms with van der Waals surface area (Å²) in [5.41, 5.74) is 11.0. The molecule has 236 valence electrons. The van der Waals surface area contributed by atoms with Crippen LogP contribution in [0.2, 0.25) is 0 Å². The van der Waals surface area contributed by atoms with Gasteiger partial charge in [-0.05, 0) is 20.8 Å². The number of nitrogens with zero attached hydrogens (tertiary/aromatic N) is 4. The van der Waals surface area contributed by atoms with E-state index in [1.165, 1.54) is 6.92 Å². The van der Waals surface area contributed by atoms with E-state index >= 15 is 4.39 Å². The number of carbonyl (C=O) groups is 2. The van der Waals surface area contributed by atoms with E-state index in [0.29, 0.717) is 0 Å². The fourth-order valence-corrected chi connectivity index (χ4v) is 6.33. The van der Waals surface area contributed by atoms with Gasteiger partial charge in [-0.15, -0.1) is 0 Å². The van der Waals surface area contributed by atoms with E-state index in [-0.39, 0.29) is 40.4 Å². The van der Waals surface area contributed by atoms with Crippen LogP contribution in [0.25, 0.3) is 11.2 Å². The second-order valence-corrected chi connectivity index (χ2v) is 14.2. The van der Waals surface area contributed by atoms with Crippen LogP contribution in [0.3, 0.4) is 0 Å². The predicted octanol–water partition coefficient (Wildman–Crippen LogP) is 2.53. The van der Waals surface area contributed by atoms with Crippen LogP contribution in [0.5, 0.6) is 0 Å². The van der Waals surface area contributed by atoms with Crippen molar-refractivity contribution in [2.45, 2.75) is 77.3 Å². The molecule has 42 heavy (non-hydrogen) atoms. The van der Waals surface area contributed by atoms with E-state index in [4.69, 9.17) is 41.6 Å². The molecular weight excluding hydrogens is 620 g/mol. The monoisotopic (exact) mass is 655 g/mol. The number of ether oxygens (including phenoxy) is 2.